The van der Waals surface area contributed by atoms with Gasteiger partial charge in [-0.1, -0.05) is 30.3 Å². The molecule has 0 atom stereocenters. The molecule has 120 valence electrons. The van der Waals surface area contributed by atoms with Crippen LogP contribution < -0.4 is 12.7 Å². The fourth-order valence-corrected chi connectivity index (χ4v) is 2.71. The fraction of sp³-hybridized carbons (Fsp3) is 0.100. The second-order valence-electron chi connectivity index (χ2n) is 5.18. The smallest absolute Gasteiger partial charge is 0.0623 e. The van der Waals surface area contributed by atoms with Crippen molar-refractivity contribution < 1.29 is 12.7 Å². The predicted octanol–water partition coefficient (Wildman–Crippen LogP) is 4.06. The van der Waals surface area contributed by atoms with E-state index in [4.69, 9.17) is 7.58 Å². The van der Waals surface area contributed by atoms with Gasteiger partial charge >= 0.3 is 108 Å². The van der Waals surface area contributed by atoms with Crippen LogP contribution in [-0.4, -0.2) is 15.9 Å². The van der Waals surface area contributed by atoms with Gasteiger partial charge in [0.1, 0.15) is 0 Å². The monoisotopic (exact) mass is 334 g/mol. The van der Waals surface area contributed by atoms with Crippen LogP contribution in [0.3, 0.4) is 0 Å². The third kappa shape index (κ3) is 6.00. The van der Waals surface area contributed by atoms with Crippen LogP contribution in [0.15, 0.2) is 78.9 Å². The van der Waals surface area contributed by atoms with Crippen molar-refractivity contribution in [3.8, 4) is 17.2 Å². The van der Waals surface area contributed by atoms with E-state index in [1.54, 1.807) is 12.1 Å². The largest absolute Gasteiger partial charge is 0.872 e. The molecule has 3 nitrogen and oxygen atoms in total. The van der Waals surface area contributed by atoms with Gasteiger partial charge in [0, 0.05) is 0 Å². The standard InChI is InChI=1S/2C7H8O.C6H6O.Al/c2*1-6-4-2-3-5-7(6)8;7-6-4-2-1-3-5-6;/h2*2-5,8H,1H3;1-5,7H;/q;;;+3/p-3. The zero-order chi connectivity index (χ0) is 17.2. The molecule has 0 N–H and O–H groups in total. The van der Waals surface area contributed by atoms with Crippen LogP contribution in [0, 0.1) is 13.8 Å². The molecule has 0 saturated carbocycles. The molecule has 0 aliphatic rings. The molecule has 0 saturated heterocycles. The minimum atomic E-state index is -0.524. The van der Waals surface area contributed by atoms with Crippen LogP contribution in [0.1, 0.15) is 11.1 Å². The van der Waals surface area contributed by atoms with Crippen LogP contribution in [0.5, 0.6) is 17.2 Å². The van der Waals surface area contributed by atoms with Gasteiger partial charge in [0.05, 0.1) is 0 Å². The minimum absolute atomic E-state index is 0.0718. The van der Waals surface area contributed by atoms with Gasteiger partial charge in [-0.25, -0.2) is 0 Å². The summed E-state index contributed by atoms with van der Waals surface area (Å²) < 4.78 is 11.3. The first-order valence-corrected chi connectivity index (χ1v) is 8.59. The maximum absolute atomic E-state index is 10.3. The van der Waals surface area contributed by atoms with Gasteiger partial charge in [0.25, 0.3) is 0 Å². The Morgan fingerprint density at radius 3 is 1.42 bits per heavy atom. The van der Waals surface area contributed by atoms with Crippen molar-refractivity contribution in [2.24, 2.45) is 0 Å². The summed E-state index contributed by atoms with van der Waals surface area (Å²) in [6.07, 6.45) is 0. The molecule has 0 amide bonds. The van der Waals surface area contributed by atoms with Crippen molar-refractivity contribution in [3.63, 3.8) is 0 Å². The topological polar surface area (TPSA) is 41.5 Å². The Labute approximate surface area is 149 Å². The van der Waals surface area contributed by atoms with Crippen molar-refractivity contribution in [2.75, 3.05) is 0 Å². The van der Waals surface area contributed by atoms with E-state index in [9.17, 15) is 5.11 Å². The molecule has 0 aliphatic carbocycles. The molecular weight excluding hydrogens is 315 g/mol. The van der Waals surface area contributed by atoms with E-state index >= 15 is 0 Å². The van der Waals surface area contributed by atoms with Gasteiger partial charge < -0.3 is 5.11 Å². The Bertz CT molecular complexity index is 699. The Kier molecular flexibility index (Phi) is 7.23. The van der Waals surface area contributed by atoms with Crippen molar-refractivity contribution in [1.29, 1.82) is 0 Å². The van der Waals surface area contributed by atoms with E-state index in [1.165, 1.54) is 12.1 Å². The minimum Gasteiger partial charge on any atom is -0.872 e. The first-order chi connectivity index (χ1) is 11.7. The van der Waals surface area contributed by atoms with Crippen LogP contribution in [0.2, 0.25) is 0 Å². The number of para-hydroxylation sites is 3. The van der Waals surface area contributed by atoms with Crippen molar-refractivity contribution in [1.82, 2.24) is 0 Å². The Balaban J connectivity index is 0.000000249. The average Bonchev–Trinajstić information content (AvgIpc) is 2.60. The molecule has 4 heteroatoms. The molecule has 3 aromatic rings. The molecule has 24 heavy (non-hydrogen) atoms. The quantitative estimate of drug-likeness (QED) is 0.676. The molecule has 0 spiro atoms. The van der Waals surface area contributed by atoms with Gasteiger partial charge in [-0.3, -0.25) is 0 Å². The number of hydrogen-bond acceptors (Lipinski definition) is 3. The first kappa shape index (κ1) is 17.9. The molecule has 0 heterocycles. The Morgan fingerprint density at radius 1 is 0.625 bits per heavy atom. The molecule has 0 fully saturated rings. The summed E-state index contributed by atoms with van der Waals surface area (Å²) in [6.45, 7) is 4.06. The number of aryl methyl sites for hydroxylation is 2. The molecule has 0 aliphatic heterocycles. The summed E-state index contributed by atoms with van der Waals surface area (Å²) >= 11 is -0.524. The summed E-state index contributed by atoms with van der Waals surface area (Å²) in [5.41, 5.74) is 2.27. The fourth-order valence-electron chi connectivity index (χ4n) is 1.93. The average molecular weight is 334 g/mol. The third-order valence-electron chi connectivity index (χ3n) is 3.28. The molecule has 0 aromatic heterocycles. The Morgan fingerprint density at radius 2 is 1.04 bits per heavy atom. The van der Waals surface area contributed by atoms with E-state index in [2.05, 4.69) is 0 Å². The van der Waals surface area contributed by atoms with Gasteiger partial charge in [0.2, 0.25) is 0 Å². The summed E-state index contributed by atoms with van der Waals surface area (Å²) in [6, 6.07) is 24.2. The summed E-state index contributed by atoms with van der Waals surface area (Å²) in [4.78, 5) is 0. The zero-order valence-electron chi connectivity index (χ0n) is 13.8. The summed E-state index contributed by atoms with van der Waals surface area (Å²) in [7, 11) is 0. The van der Waals surface area contributed by atoms with Gasteiger partial charge in [0.15, 0.2) is 0 Å². The SMILES string of the molecule is Cc1ccccc1[O][Al+][O]c1ccccc1C.[O-]c1ccccc1. The Hall–Kier alpha value is -2.41. The normalized spacial score (nSPS) is 9.25. The van der Waals surface area contributed by atoms with Gasteiger partial charge in [-0.2, -0.15) is 0 Å². The van der Waals surface area contributed by atoms with Crippen molar-refractivity contribution in [3.05, 3.63) is 90.0 Å². The summed E-state index contributed by atoms with van der Waals surface area (Å²) in [5.74, 6) is 1.87. The van der Waals surface area contributed by atoms with E-state index in [0.717, 1.165) is 22.6 Å². The van der Waals surface area contributed by atoms with E-state index in [0.29, 0.717) is 0 Å². The second kappa shape index (κ2) is 9.67. The third-order valence-corrected chi connectivity index (χ3v) is 3.98. The van der Waals surface area contributed by atoms with E-state index in [1.807, 2.05) is 68.4 Å². The van der Waals surface area contributed by atoms with Crippen LogP contribution in [-0.2, 0) is 0 Å². The molecule has 3 aromatic carbocycles. The zero-order valence-corrected chi connectivity index (χ0v) is 15.0. The molecule has 0 radical (unpaired) electrons. The maximum atomic E-state index is 10.3. The number of rotatable bonds is 4. The van der Waals surface area contributed by atoms with E-state index < -0.39 is 15.9 Å². The molecule has 3 rings (SSSR count). The first-order valence-electron chi connectivity index (χ1n) is 7.65. The molecular formula is C20H19AlO3. The van der Waals surface area contributed by atoms with Gasteiger partial charge in [-0.05, 0) is 0 Å². The number of hydrogen-bond donors (Lipinski definition) is 0. The van der Waals surface area contributed by atoms with Crippen LogP contribution >= 0.6 is 0 Å². The van der Waals surface area contributed by atoms with Crippen molar-refractivity contribution >= 4 is 15.9 Å². The predicted molar refractivity (Wildman–Crippen MR) is 95.3 cm³/mol. The summed E-state index contributed by atoms with van der Waals surface area (Å²) in [5, 5.41) is 10.3. The second-order valence-corrected chi connectivity index (χ2v) is 5.84. The maximum Gasteiger partial charge on any atom is -0.0623 e. The van der Waals surface area contributed by atoms with Crippen LogP contribution in [0.25, 0.3) is 0 Å². The van der Waals surface area contributed by atoms with E-state index in [-0.39, 0.29) is 5.75 Å². The van der Waals surface area contributed by atoms with Gasteiger partial charge in [-0.15, -0.1) is 5.75 Å². The number of benzene rings is 3. The van der Waals surface area contributed by atoms with Crippen LogP contribution in [0.4, 0.5) is 0 Å². The van der Waals surface area contributed by atoms with Crippen molar-refractivity contribution in [2.45, 2.75) is 13.8 Å². The molecule has 0 bridgehead atoms. The molecule has 0 unspecified atom stereocenters.